The summed E-state index contributed by atoms with van der Waals surface area (Å²) in [5.74, 6) is -0.577. The number of nitrogens with zero attached hydrogens (tertiary/aromatic N) is 6. The molecule has 4 aromatic rings. The maximum absolute atomic E-state index is 15.0. The molecule has 1 saturated carbocycles. The first-order chi connectivity index (χ1) is 34.9. The second-order valence-electron chi connectivity index (χ2n) is 23.0. The number of Topliss-reactive ketones (excluding diaryl/α,β-unsaturated/α-hetero) is 1. The van der Waals surface area contributed by atoms with Crippen molar-refractivity contribution >= 4 is 40.2 Å². The summed E-state index contributed by atoms with van der Waals surface area (Å²) in [6.45, 7) is 18.0. The van der Waals surface area contributed by atoms with Gasteiger partial charge in [0.2, 0.25) is 5.91 Å². The van der Waals surface area contributed by atoms with Crippen LogP contribution in [0.2, 0.25) is 0 Å². The second-order valence-corrected chi connectivity index (χ2v) is 23.0. The van der Waals surface area contributed by atoms with Gasteiger partial charge in [-0.15, -0.1) is 0 Å². The van der Waals surface area contributed by atoms with Crippen LogP contribution in [0, 0.1) is 16.7 Å². The maximum Gasteiger partial charge on any atom is 0.324 e. The van der Waals surface area contributed by atoms with Crippen molar-refractivity contribution in [2.45, 2.75) is 123 Å². The highest BCUT2D eigenvalue weighted by Gasteiger charge is 2.47. The number of carbonyl (C=O) groups excluding carboxylic acids is 4. The van der Waals surface area contributed by atoms with Gasteiger partial charge in [-0.05, 0) is 117 Å². The number of nitrogens with one attached hydrogen (secondary N) is 3. The van der Waals surface area contributed by atoms with Crippen molar-refractivity contribution in [1.82, 2.24) is 40.4 Å². The highest BCUT2D eigenvalue weighted by atomic mass is 16.5. The smallest absolute Gasteiger partial charge is 0.324 e. The zero-order chi connectivity index (χ0) is 49.7. The topological polar surface area (TPSA) is 154 Å². The van der Waals surface area contributed by atoms with Gasteiger partial charge in [0.25, 0.3) is 5.91 Å². The van der Waals surface area contributed by atoms with E-state index in [1.807, 2.05) is 18.3 Å². The molecule has 15 nitrogen and oxygen atoms in total. The third kappa shape index (κ3) is 9.72. The average molecular weight is 982 g/mol. The molecule has 11 rings (SSSR count). The molecule has 5 saturated heterocycles. The van der Waals surface area contributed by atoms with Gasteiger partial charge in [0.05, 0.1) is 49.5 Å². The molecule has 384 valence electrons. The standard InChI is InChI=1S/C57H75N9O6/c1-5-65-49-16-15-41-28-44(49)46(52(65)45-29-42(31-59-50(45)37(2)67)63-23-22-62-24-25-71-33-43(62)32-63)30-56(3,4)36-72-55(70)47-14-9-20-66(61-47)54(69)48(27-38-10-8-13-40(41)26-38)60-53(68)51(39-11-6-7-12-39)64-21-18-57(35-64)17-19-58-34-57/h8,10,13,15-16,26,28-29,31,39,43,47-48,51,58,61H,5-7,9,11-12,14,17-25,27,30,32-36H2,1-4H3,(H,60,68)/t43?,47-,48-,51-,57-/m0/s1. The molecule has 6 fully saturated rings. The normalized spacial score (nSPS) is 27.0. The maximum atomic E-state index is 15.0. The summed E-state index contributed by atoms with van der Waals surface area (Å²) in [6, 6.07) is 15.6. The molecule has 72 heavy (non-hydrogen) atoms. The number of carbonyl (C=O) groups is 4. The van der Waals surface area contributed by atoms with Crippen molar-refractivity contribution in [3.05, 3.63) is 71.5 Å². The van der Waals surface area contributed by atoms with Gasteiger partial charge < -0.3 is 29.6 Å². The fourth-order valence-electron chi connectivity index (χ4n) is 13.6. The molecule has 6 bridgehead atoms. The van der Waals surface area contributed by atoms with Crippen molar-refractivity contribution in [2.75, 3.05) is 83.6 Å². The number of likely N-dealkylation sites (tertiary alicyclic amines) is 1. The van der Waals surface area contributed by atoms with E-state index in [0.717, 1.165) is 148 Å². The summed E-state index contributed by atoms with van der Waals surface area (Å²) in [6.07, 6.45) is 10.3. The van der Waals surface area contributed by atoms with Crippen molar-refractivity contribution in [2.24, 2.45) is 16.7 Å². The number of rotatable bonds is 8. The minimum absolute atomic E-state index is 0.0685. The molecule has 2 amide bonds. The van der Waals surface area contributed by atoms with E-state index in [1.54, 1.807) is 11.9 Å². The van der Waals surface area contributed by atoms with Crippen LogP contribution < -0.4 is 21.0 Å². The van der Waals surface area contributed by atoms with E-state index in [9.17, 15) is 19.2 Å². The fraction of sp³-hybridized carbons (Fsp3) is 0.596. The molecule has 1 aliphatic carbocycles. The van der Waals surface area contributed by atoms with Crippen LogP contribution in [0.3, 0.4) is 0 Å². The van der Waals surface area contributed by atoms with Gasteiger partial charge in [-0.1, -0.05) is 57.0 Å². The zero-order valence-electron chi connectivity index (χ0n) is 43.0. The van der Waals surface area contributed by atoms with Crippen LogP contribution in [-0.2, 0) is 43.2 Å². The molecule has 15 heteroatoms. The minimum Gasteiger partial charge on any atom is -0.464 e. The molecule has 2 aromatic carbocycles. The number of benzene rings is 2. The average Bonchev–Trinajstić information content (AvgIpc) is 4.23. The number of pyridine rings is 1. The Kier molecular flexibility index (Phi) is 13.8. The Labute approximate surface area is 424 Å². The number of morpholine rings is 1. The number of ether oxygens (including phenoxy) is 2. The van der Waals surface area contributed by atoms with E-state index in [1.165, 1.54) is 0 Å². The molecule has 8 heterocycles. The predicted octanol–water partition coefficient (Wildman–Crippen LogP) is 6.01. The minimum atomic E-state index is -0.864. The first kappa shape index (κ1) is 49.0. The Hall–Kier alpha value is -5.19. The number of fused-ring (bicyclic) bond motifs is 7. The Morgan fingerprint density at radius 2 is 1.81 bits per heavy atom. The highest BCUT2D eigenvalue weighted by Crippen LogP contribution is 2.43. The summed E-state index contributed by atoms with van der Waals surface area (Å²) in [5, 5.41) is 9.57. The van der Waals surface area contributed by atoms with Gasteiger partial charge in [0, 0.05) is 87.6 Å². The van der Waals surface area contributed by atoms with Crippen LogP contribution in [0.1, 0.15) is 101 Å². The SMILES string of the molecule is CCn1c(-c2cc(N3CCN4CCOCC4C3)cnc2C(C)=O)c2c3cc(ccc31)-c1cccc(c1)C[C@H](NC(=O)[C@H](C1CCCC1)N1CC[C@]3(CCNC3)C1)C(=O)N1CCC[C@H](N1)C(=O)OCC(C)(C)C2. The van der Waals surface area contributed by atoms with Gasteiger partial charge in [0.1, 0.15) is 17.8 Å². The third-order valence-corrected chi connectivity index (χ3v) is 17.4. The van der Waals surface area contributed by atoms with Gasteiger partial charge in [-0.3, -0.25) is 39.0 Å². The van der Waals surface area contributed by atoms with Crippen molar-refractivity contribution in [3.63, 3.8) is 0 Å². The lowest BCUT2D eigenvalue weighted by molar-refractivity contribution is -0.155. The quantitative estimate of drug-likeness (QED) is 0.140. The number of hydrazine groups is 1. The number of piperazine rings is 1. The van der Waals surface area contributed by atoms with Crippen molar-refractivity contribution in [1.29, 1.82) is 0 Å². The van der Waals surface area contributed by atoms with Crippen LogP contribution in [0.5, 0.6) is 0 Å². The number of anilines is 1. The van der Waals surface area contributed by atoms with E-state index in [-0.39, 0.29) is 48.0 Å². The Bertz CT molecular complexity index is 2710. The lowest BCUT2D eigenvalue weighted by Gasteiger charge is -2.44. The largest absolute Gasteiger partial charge is 0.464 e. The number of cyclic esters (lactones) is 1. The van der Waals surface area contributed by atoms with Crippen molar-refractivity contribution < 1.29 is 28.7 Å². The van der Waals surface area contributed by atoms with Gasteiger partial charge >= 0.3 is 5.97 Å². The number of hydrogen-bond donors (Lipinski definition) is 3. The fourth-order valence-corrected chi connectivity index (χ4v) is 13.6. The molecule has 1 unspecified atom stereocenters. The molecule has 2 aromatic heterocycles. The lowest BCUT2D eigenvalue weighted by Crippen LogP contribution is -2.62. The third-order valence-electron chi connectivity index (χ3n) is 17.4. The molecular formula is C57H75N9O6. The summed E-state index contributed by atoms with van der Waals surface area (Å²) in [7, 11) is 0. The van der Waals surface area contributed by atoms with E-state index in [4.69, 9.17) is 14.5 Å². The Morgan fingerprint density at radius 1 is 0.958 bits per heavy atom. The number of hydrogen-bond acceptors (Lipinski definition) is 12. The van der Waals surface area contributed by atoms with E-state index < -0.39 is 23.5 Å². The second kappa shape index (κ2) is 20.3. The molecule has 5 atom stereocenters. The number of aromatic nitrogens is 2. The monoisotopic (exact) mass is 982 g/mol. The summed E-state index contributed by atoms with van der Waals surface area (Å²) in [4.78, 5) is 70.0. The number of aryl methyl sites for hydroxylation is 1. The number of amides is 2. The van der Waals surface area contributed by atoms with Crippen LogP contribution in [0.4, 0.5) is 5.69 Å². The van der Waals surface area contributed by atoms with E-state index in [0.29, 0.717) is 50.7 Å². The van der Waals surface area contributed by atoms with Crippen molar-refractivity contribution in [3.8, 4) is 22.4 Å². The first-order valence-corrected chi connectivity index (χ1v) is 27.2. The van der Waals surface area contributed by atoms with Crippen LogP contribution in [0.25, 0.3) is 33.3 Å². The van der Waals surface area contributed by atoms with Crippen LogP contribution >= 0.6 is 0 Å². The summed E-state index contributed by atoms with van der Waals surface area (Å²) in [5.41, 5.74) is 11.2. The van der Waals surface area contributed by atoms with Gasteiger partial charge in [0.15, 0.2) is 5.78 Å². The number of ketones is 1. The lowest BCUT2D eigenvalue weighted by atomic mass is 9.84. The molecule has 6 aliphatic heterocycles. The van der Waals surface area contributed by atoms with Gasteiger partial charge in [-0.2, -0.15) is 0 Å². The molecule has 1 spiro atoms. The summed E-state index contributed by atoms with van der Waals surface area (Å²) >= 11 is 0. The molecular weight excluding hydrogens is 907 g/mol. The molecule has 7 aliphatic rings. The van der Waals surface area contributed by atoms with Crippen LogP contribution in [-0.4, -0.2) is 151 Å². The van der Waals surface area contributed by atoms with E-state index in [2.05, 4.69) is 92.5 Å². The molecule has 0 radical (unpaired) electrons. The number of esters is 1. The van der Waals surface area contributed by atoms with E-state index >= 15 is 0 Å². The first-order valence-electron chi connectivity index (χ1n) is 27.2. The van der Waals surface area contributed by atoms with Gasteiger partial charge in [-0.25, -0.2) is 5.43 Å². The molecule has 3 N–H and O–H groups in total. The summed E-state index contributed by atoms with van der Waals surface area (Å²) < 4.78 is 14.5. The van der Waals surface area contributed by atoms with Crippen LogP contribution in [0.15, 0.2) is 54.7 Å². The predicted molar refractivity (Wildman–Crippen MR) is 278 cm³/mol. The Morgan fingerprint density at radius 3 is 2.61 bits per heavy atom. The zero-order valence-corrected chi connectivity index (χ0v) is 43.0. The Balaban J connectivity index is 0.984. The highest BCUT2D eigenvalue weighted by molar-refractivity contribution is 6.03.